The molecule has 0 fully saturated rings. The molecule has 0 spiro atoms. The van der Waals surface area contributed by atoms with Crippen molar-refractivity contribution in [2.75, 3.05) is 0 Å². The number of rotatable bonds is 3. The highest BCUT2D eigenvalue weighted by Gasteiger charge is 2.34. The number of aromatic nitrogens is 3. The van der Waals surface area contributed by atoms with E-state index in [1.807, 2.05) is 0 Å². The van der Waals surface area contributed by atoms with Crippen molar-refractivity contribution >= 4 is 49.3 Å². The van der Waals surface area contributed by atoms with E-state index in [9.17, 15) is 39.5 Å². The smallest absolute Gasteiger partial charge is 0.308 e. The maximum Gasteiger partial charge on any atom is 0.416 e. The third kappa shape index (κ3) is 5.53. The molecule has 0 aliphatic rings. The third-order valence-corrected chi connectivity index (χ3v) is 9.35. The predicted molar refractivity (Wildman–Crippen MR) is 184 cm³/mol. The van der Waals surface area contributed by atoms with Crippen LogP contribution in [0.4, 0.5) is 45.2 Å². The van der Waals surface area contributed by atoms with Gasteiger partial charge in [-0.15, -0.1) is 0 Å². The van der Waals surface area contributed by atoms with Crippen molar-refractivity contribution in [2.45, 2.75) is 25.5 Å². The minimum absolute atomic E-state index is 0.112. The Balaban J connectivity index is 1.57. The molecule has 264 valence electrons. The molecule has 0 saturated carbocycles. The summed E-state index contributed by atoms with van der Waals surface area (Å²) in [6, 6.07) is 20.5. The van der Waals surface area contributed by atoms with E-state index in [2.05, 4.69) is 9.83 Å². The molecule has 53 heavy (non-hydrogen) atoms. The van der Waals surface area contributed by atoms with E-state index in [1.165, 1.54) is 41.2 Å². The molecule has 3 aromatic heterocycles. The number of hydrogen-bond acceptors (Lipinski definition) is 1. The summed E-state index contributed by atoms with van der Waals surface area (Å²) in [5.41, 5.74) is 0.309. The second-order valence-electron chi connectivity index (χ2n) is 12.6. The van der Waals surface area contributed by atoms with Crippen LogP contribution in [0.2, 0.25) is 0 Å². The van der Waals surface area contributed by atoms with Gasteiger partial charge in [-0.05, 0) is 109 Å². The molecule has 8 aromatic rings. The van der Waals surface area contributed by atoms with Crippen LogP contribution in [0.25, 0.3) is 71.0 Å². The Kier molecular flexibility index (Phi) is 7.41. The first kappa shape index (κ1) is 33.8. The van der Waals surface area contributed by atoms with Gasteiger partial charge in [0, 0.05) is 33.9 Å². The maximum absolute atomic E-state index is 14.0. The number of pyridine rings is 1. The minimum atomic E-state index is -4.81. The largest absolute Gasteiger partial charge is 0.416 e. The molecule has 0 radical (unpaired) electrons. The SMILES string of the molecule is [C-]#[N+]c1cc(-n2c3ccc(C)cc3c3cc(C(F)(F)F)ccc32)c(-n2c3ccc(C(F)(F)F)cc3c3cc(C(F)(F)F)ccc32)cc1-c1ccncc1. The highest BCUT2D eigenvalue weighted by molar-refractivity contribution is 6.12. The van der Waals surface area contributed by atoms with Crippen LogP contribution in [0.5, 0.6) is 0 Å². The Labute approximate surface area is 293 Å². The van der Waals surface area contributed by atoms with Crippen molar-refractivity contribution in [1.82, 2.24) is 14.1 Å². The number of nitrogens with zero attached hydrogens (tertiary/aromatic N) is 4. The van der Waals surface area contributed by atoms with Crippen molar-refractivity contribution in [3.05, 3.63) is 143 Å². The number of benzene rings is 5. The van der Waals surface area contributed by atoms with E-state index < -0.39 is 35.2 Å². The number of hydrogen-bond donors (Lipinski definition) is 0. The molecule has 5 aromatic carbocycles. The summed E-state index contributed by atoms with van der Waals surface area (Å²) in [6.45, 7) is 9.92. The lowest BCUT2D eigenvalue weighted by atomic mass is 10.0. The lowest BCUT2D eigenvalue weighted by Crippen LogP contribution is -2.06. The highest BCUT2D eigenvalue weighted by Crippen LogP contribution is 2.45. The van der Waals surface area contributed by atoms with Gasteiger partial charge in [0.1, 0.15) is 0 Å². The van der Waals surface area contributed by atoms with Crippen molar-refractivity contribution in [3.63, 3.8) is 0 Å². The summed E-state index contributed by atoms with van der Waals surface area (Å²) in [7, 11) is 0. The lowest BCUT2D eigenvalue weighted by Gasteiger charge is -2.20. The first-order valence-electron chi connectivity index (χ1n) is 15.9. The Morgan fingerprint density at radius 2 is 0.906 bits per heavy atom. The molecule has 0 amide bonds. The van der Waals surface area contributed by atoms with Crippen molar-refractivity contribution in [3.8, 4) is 22.5 Å². The average Bonchev–Trinajstić information content (AvgIpc) is 3.61. The fourth-order valence-corrected chi connectivity index (χ4v) is 6.99. The van der Waals surface area contributed by atoms with Gasteiger partial charge >= 0.3 is 18.5 Å². The van der Waals surface area contributed by atoms with E-state index in [-0.39, 0.29) is 44.3 Å². The molecule has 4 nitrogen and oxygen atoms in total. The molecular formula is C40H21F9N4. The first-order valence-corrected chi connectivity index (χ1v) is 15.9. The van der Waals surface area contributed by atoms with Gasteiger partial charge in [0.2, 0.25) is 0 Å². The number of alkyl halides is 9. The quantitative estimate of drug-likeness (QED) is 0.131. The summed E-state index contributed by atoms with van der Waals surface area (Å²) in [6.07, 6.45) is -11.3. The predicted octanol–water partition coefficient (Wildman–Crippen LogP) is 12.9. The lowest BCUT2D eigenvalue weighted by molar-refractivity contribution is -0.138. The Morgan fingerprint density at radius 1 is 0.509 bits per heavy atom. The molecular weight excluding hydrogens is 707 g/mol. The molecule has 0 saturated heterocycles. The van der Waals surface area contributed by atoms with Gasteiger partial charge in [-0.3, -0.25) is 4.98 Å². The molecule has 0 unspecified atom stereocenters. The molecule has 3 heterocycles. The van der Waals surface area contributed by atoms with Gasteiger partial charge in [0.05, 0.1) is 56.7 Å². The van der Waals surface area contributed by atoms with Crippen molar-refractivity contribution < 1.29 is 39.5 Å². The molecule has 0 aliphatic heterocycles. The number of halogens is 9. The zero-order chi connectivity index (χ0) is 37.6. The zero-order valence-electron chi connectivity index (χ0n) is 27.1. The van der Waals surface area contributed by atoms with Crippen LogP contribution in [-0.4, -0.2) is 14.1 Å². The van der Waals surface area contributed by atoms with Gasteiger partial charge in [-0.2, -0.15) is 39.5 Å². The van der Waals surface area contributed by atoms with E-state index in [4.69, 9.17) is 6.57 Å². The second kappa shape index (κ2) is 11.6. The summed E-state index contributed by atoms with van der Waals surface area (Å²) >= 11 is 0. The van der Waals surface area contributed by atoms with Crippen LogP contribution >= 0.6 is 0 Å². The van der Waals surface area contributed by atoms with Gasteiger partial charge in [0.25, 0.3) is 0 Å². The highest BCUT2D eigenvalue weighted by atomic mass is 19.4. The van der Waals surface area contributed by atoms with Crippen LogP contribution < -0.4 is 0 Å². The molecule has 13 heteroatoms. The van der Waals surface area contributed by atoms with Crippen LogP contribution in [0, 0.1) is 13.5 Å². The van der Waals surface area contributed by atoms with Crippen LogP contribution in [0.1, 0.15) is 22.3 Å². The van der Waals surface area contributed by atoms with Crippen molar-refractivity contribution in [1.29, 1.82) is 0 Å². The number of fused-ring (bicyclic) bond motifs is 6. The van der Waals surface area contributed by atoms with Crippen LogP contribution in [-0.2, 0) is 18.5 Å². The normalized spacial score (nSPS) is 12.7. The Hall–Kier alpha value is -6.29. The summed E-state index contributed by atoms with van der Waals surface area (Å²) < 4.78 is 129. The first-order chi connectivity index (χ1) is 25.0. The Bertz CT molecular complexity index is 2740. The Morgan fingerprint density at radius 3 is 1.32 bits per heavy atom. The zero-order valence-corrected chi connectivity index (χ0v) is 27.1. The fourth-order valence-electron chi connectivity index (χ4n) is 6.99. The molecule has 8 rings (SSSR count). The van der Waals surface area contributed by atoms with Gasteiger partial charge in [-0.1, -0.05) is 11.6 Å². The van der Waals surface area contributed by atoms with Gasteiger partial charge in [0.15, 0.2) is 5.69 Å². The summed E-state index contributed by atoms with van der Waals surface area (Å²) in [5.74, 6) is 0. The van der Waals surface area contributed by atoms with Gasteiger partial charge in [-0.25, -0.2) is 4.85 Å². The van der Waals surface area contributed by atoms with Crippen molar-refractivity contribution in [2.24, 2.45) is 0 Å². The molecule has 0 N–H and O–H groups in total. The summed E-state index contributed by atoms with van der Waals surface area (Å²) in [5, 5.41) is 0.490. The minimum Gasteiger partial charge on any atom is -0.308 e. The van der Waals surface area contributed by atoms with Crippen LogP contribution in [0.15, 0.2) is 109 Å². The molecule has 0 bridgehead atoms. The van der Waals surface area contributed by atoms with E-state index >= 15 is 0 Å². The van der Waals surface area contributed by atoms with Gasteiger partial charge < -0.3 is 9.13 Å². The number of aryl methyl sites for hydroxylation is 1. The third-order valence-electron chi connectivity index (χ3n) is 9.35. The maximum atomic E-state index is 14.0. The fraction of sp³-hybridized carbons (Fsp3) is 0.100. The molecule has 0 aliphatic carbocycles. The van der Waals surface area contributed by atoms with Crippen LogP contribution in [0.3, 0.4) is 0 Å². The van der Waals surface area contributed by atoms with E-state index in [0.717, 1.165) is 42.0 Å². The van der Waals surface area contributed by atoms with E-state index in [1.54, 1.807) is 47.9 Å². The second-order valence-corrected chi connectivity index (χ2v) is 12.6. The molecule has 0 atom stereocenters. The standard InChI is InChI=1S/C40H21F9N4/c1-21-3-7-32-27(15-21)28-16-23(38(41,42)43)4-8-33(28)53(32)37-20-31(50-2)26(22-11-13-51-14-12-22)19-36(37)52-34-9-5-24(39(44,45)46)17-29(34)30-18-25(40(47,48)49)6-10-35(30)52/h3-20H,1H3. The summed E-state index contributed by atoms with van der Waals surface area (Å²) in [4.78, 5) is 7.81. The topological polar surface area (TPSA) is 27.1 Å². The monoisotopic (exact) mass is 728 g/mol. The average molecular weight is 729 g/mol. The van der Waals surface area contributed by atoms with E-state index in [0.29, 0.717) is 27.5 Å².